The molecule has 0 amide bonds. The van der Waals surface area contributed by atoms with Gasteiger partial charge in [-0.1, -0.05) is 17.6 Å². The molecular weight excluding hydrogens is 239 g/mol. The summed E-state index contributed by atoms with van der Waals surface area (Å²) >= 11 is 3.20. The van der Waals surface area contributed by atoms with E-state index in [0.717, 1.165) is 5.46 Å². The smallest absolute Gasteiger partial charge is 0.176 e. The van der Waals surface area contributed by atoms with Crippen LogP contribution in [0.25, 0.3) is 0 Å². The van der Waals surface area contributed by atoms with Crippen molar-refractivity contribution in [2.75, 3.05) is 6.26 Å². The van der Waals surface area contributed by atoms with Gasteiger partial charge in [0.1, 0.15) is 7.85 Å². The zero-order valence-corrected chi connectivity index (χ0v) is 9.24. The van der Waals surface area contributed by atoms with Gasteiger partial charge in [-0.3, -0.25) is 0 Å². The molecule has 1 aromatic carbocycles. The average molecular weight is 247 g/mol. The van der Waals surface area contributed by atoms with Gasteiger partial charge in [0.25, 0.3) is 0 Å². The number of hydrogen-bond acceptors (Lipinski definition) is 2. The molecule has 0 unspecified atom stereocenters. The molecule has 0 spiro atoms. The number of rotatable bonds is 1. The van der Waals surface area contributed by atoms with Crippen molar-refractivity contribution in [3.63, 3.8) is 0 Å². The summed E-state index contributed by atoms with van der Waals surface area (Å²) in [5.74, 6) is 0. The summed E-state index contributed by atoms with van der Waals surface area (Å²) in [5, 5.41) is 0. The molecule has 0 saturated carbocycles. The maximum atomic E-state index is 11.1. The first-order chi connectivity index (χ1) is 5.41. The van der Waals surface area contributed by atoms with Gasteiger partial charge in [0.05, 0.1) is 4.90 Å². The molecule has 0 radical (unpaired) electrons. The second-order valence-corrected chi connectivity index (χ2v) is 5.54. The van der Waals surface area contributed by atoms with Gasteiger partial charge in [0.15, 0.2) is 9.84 Å². The molecule has 1 rings (SSSR count). The normalized spacial score (nSPS) is 11.5. The Hall–Kier alpha value is -0.285. The van der Waals surface area contributed by atoms with Crippen LogP contribution in [0.5, 0.6) is 0 Å². The van der Waals surface area contributed by atoms with E-state index in [9.17, 15) is 8.42 Å². The van der Waals surface area contributed by atoms with Gasteiger partial charge < -0.3 is 0 Å². The maximum Gasteiger partial charge on any atom is 0.176 e. The minimum Gasteiger partial charge on any atom is -0.224 e. The van der Waals surface area contributed by atoms with Crippen molar-refractivity contribution in [2.45, 2.75) is 4.90 Å². The van der Waals surface area contributed by atoms with E-state index in [2.05, 4.69) is 15.9 Å². The number of hydrogen-bond donors (Lipinski definition) is 0. The highest BCUT2D eigenvalue weighted by Gasteiger charge is 2.10. The topological polar surface area (TPSA) is 34.1 Å². The van der Waals surface area contributed by atoms with Crippen molar-refractivity contribution in [3.8, 4) is 0 Å². The Morgan fingerprint density at radius 2 is 2.00 bits per heavy atom. The maximum absolute atomic E-state index is 11.1. The summed E-state index contributed by atoms with van der Waals surface area (Å²) in [6.45, 7) is 0. The molecule has 0 aliphatic carbocycles. The van der Waals surface area contributed by atoms with Crippen LogP contribution in [0.3, 0.4) is 0 Å². The summed E-state index contributed by atoms with van der Waals surface area (Å²) in [6.07, 6.45) is 1.20. The van der Waals surface area contributed by atoms with Gasteiger partial charge in [0.2, 0.25) is 0 Å². The largest absolute Gasteiger partial charge is 0.224 e. The van der Waals surface area contributed by atoms with Crippen molar-refractivity contribution in [1.29, 1.82) is 0 Å². The Bertz CT molecular complexity index is 400. The van der Waals surface area contributed by atoms with E-state index in [1.165, 1.54) is 6.26 Å². The molecule has 0 heterocycles. The average Bonchev–Trinajstić information content (AvgIpc) is 1.83. The highest BCUT2D eigenvalue weighted by Crippen LogP contribution is 2.19. The van der Waals surface area contributed by atoms with E-state index in [1.54, 1.807) is 18.2 Å². The van der Waals surface area contributed by atoms with Gasteiger partial charge in [-0.25, -0.2) is 8.42 Å². The molecule has 2 nitrogen and oxygen atoms in total. The molecule has 0 aliphatic heterocycles. The van der Waals surface area contributed by atoms with Crippen LogP contribution < -0.4 is 5.46 Å². The molecule has 5 heteroatoms. The third-order valence-corrected chi connectivity index (χ3v) is 3.56. The van der Waals surface area contributed by atoms with E-state index in [0.29, 0.717) is 9.37 Å². The standard InChI is InChI=1S/C7H8BBrO2S/c1-12(10,11)7-3-2-5(8)4-6(7)9/h2-4H,8H2,1H3. The summed E-state index contributed by atoms with van der Waals surface area (Å²) in [4.78, 5) is 0.341. The molecule has 0 saturated heterocycles. The van der Waals surface area contributed by atoms with Gasteiger partial charge in [-0.05, 0) is 22.0 Å². The summed E-state index contributed by atoms with van der Waals surface area (Å²) in [6, 6.07) is 5.17. The van der Waals surface area contributed by atoms with E-state index in [1.807, 2.05) is 7.85 Å². The monoisotopic (exact) mass is 246 g/mol. The first-order valence-corrected chi connectivity index (χ1v) is 6.06. The second kappa shape index (κ2) is 3.22. The highest BCUT2D eigenvalue weighted by molar-refractivity contribution is 9.10. The molecule has 12 heavy (non-hydrogen) atoms. The van der Waals surface area contributed by atoms with Crippen molar-refractivity contribution in [1.82, 2.24) is 0 Å². The van der Waals surface area contributed by atoms with Crippen molar-refractivity contribution in [2.24, 2.45) is 0 Å². The molecule has 0 fully saturated rings. The fourth-order valence-electron chi connectivity index (χ4n) is 0.907. The number of halogens is 1. The SMILES string of the molecule is Bc1ccc(S(C)(=O)=O)c(Br)c1. The Morgan fingerprint density at radius 1 is 1.42 bits per heavy atom. The molecule has 0 aliphatic rings. The predicted octanol–water partition coefficient (Wildman–Crippen LogP) is 0.111. The minimum atomic E-state index is -3.10. The summed E-state index contributed by atoms with van der Waals surface area (Å²) in [7, 11) is -1.18. The third-order valence-electron chi connectivity index (χ3n) is 1.49. The molecule has 64 valence electrons. The number of benzene rings is 1. The summed E-state index contributed by atoms with van der Waals surface area (Å²) in [5.41, 5.74) is 1.04. The molecule has 0 atom stereocenters. The van der Waals surface area contributed by atoms with Crippen molar-refractivity contribution >= 4 is 39.1 Å². The quantitative estimate of drug-likeness (QED) is 0.660. The van der Waals surface area contributed by atoms with Crippen molar-refractivity contribution in [3.05, 3.63) is 22.7 Å². The first-order valence-electron chi connectivity index (χ1n) is 3.37. The molecule has 0 bridgehead atoms. The zero-order chi connectivity index (χ0) is 9.35. The van der Waals surface area contributed by atoms with Crippen molar-refractivity contribution < 1.29 is 8.42 Å². The minimum absolute atomic E-state index is 0.341. The lowest BCUT2D eigenvalue weighted by Crippen LogP contribution is -2.05. The fourth-order valence-corrected chi connectivity index (χ4v) is 3.01. The zero-order valence-electron chi connectivity index (χ0n) is 6.83. The van der Waals surface area contributed by atoms with Crippen LogP contribution in [-0.4, -0.2) is 22.5 Å². The third kappa shape index (κ3) is 2.11. The van der Waals surface area contributed by atoms with Crippen LogP contribution in [0, 0.1) is 0 Å². The Balaban J connectivity index is 3.39. The highest BCUT2D eigenvalue weighted by atomic mass is 79.9. The van der Waals surface area contributed by atoms with Crippen LogP contribution in [0.15, 0.2) is 27.6 Å². The molecular formula is C7H8BBrO2S. The van der Waals surface area contributed by atoms with E-state index in [4.69, 9.17) is 0 Å². The van der Waals surface area contributed by atoms with Crippen LogP contribution in [0.4, 0.5) is 0 Å². The molecule has 0 aromatic heterocycles. The van der Waals surface area contributed by atoms with E-state index in [-0.39, 0.29) is 0 Å². The molecule has 0 N–H and O–H groups in total. The number of sulfone groups is 1. The van der Waals surface area contributed by atoms with Crippen LogP contribution in [0.1, 0.15) is 0 Å². The predicted molar refractivity (Wildman–Crippen MR) is 55.4 cm³/mol. The van der Waals surface area contributed by atoms with E-state index < -0.39 is 9.84 Å². The Labute approximate surface area is 81.4 Å². The lowest BCUT2D eigenvalue weighted by atomic mass is 9.97. The Kier molecular flexibility index (Phi) is 2.63. The van der Waals surface area contributed by atoms with Gasteiger partial charge in [-0.2, -0.15) is 0 Å². The first kappa shape index (κ1) is 9.80. The van der Waals surface area contributed by atoms with Gasteiger partial charge in [-0.15, -0.1) is 0 Å². The lowest BCUT2D eigenvalue weighted by molar-refractivity contribution is 0.601. The summed E-state index contributed by atoms with van der Waals surface area (Å²) < 4.78 is 22.9. The fraction of sp³-hybridized carbons (Fsp3) is 0.143. The second-order valence-electron chi connectivity index (χ2n) is 2.71. The van der Waals surface area contributed by atoms with E-state index >= 15 is 0 Å². The lowest BCUT2D eigenvalue weighted by Gasteiger charge is -2.01. The van der Waals surface area contributed by atoms with Gasteiger partial charge in [0, 0.05) is 10.7 Å². The Morgan fingerprint density at radius 3 is 2.42 bits per heavy atom. The van der Waals surface area contributed by atoms with Gasteiger partial charge >= 0.3 is 0 Å². The van der Waals surface area contributed by atoms with Crippen LogP contribution >= 0.6 is 15.9 Å². The van der Waals surface area contributed by atoms with Crippen LogP contribution in [-0.2, 0) is 9.84 Å². The van der Waals surface area contributed by atoms with Crippen LogP contribution in [0.2, 0.25) is 0 Å². The molecule has 1 aromatic rings.